The van der Waals surface area contributed by atoms with Crippen LogP contribution in [0.25, 0.3) is 0 Å². The molecule has 1 aliphatic carbocycles. The third kappa shape index (κ3) is 2.94. The van der Waals surface area contributed by atoms with E-state index in [1.54, 1.807) is 0 Å². The highest BCUT2D eigenvalue weighted by Gasteiger charge is 2.34. The van der Waals surface area contributed by atoms with Gasteiger partial charge in [0.15, 0.2) is 0 Å². The molecule has 2 unspecified atom stereocenters. The largest absolute Gasteiger partial charge is 0.348 e. The van der Waals surface area contributed by atoms with Crippen LogP contribution in [-0.2, 0) is 0 Å². The Hall–Kier alpha value is -1.16. The number of aromatic nitrogens is 2. The van der Waals surface area contributed by atoms with Gasteiger partial charge in [0.25, 0.3) is 0 Å². The van der Waals surface area contributed by atoms with Crippen molar-refractivity contribution in [2.45, 2.75) is 45.1 Å². The minimum Gasteiger partial charge on any atom is -0.348 e. The number of anilines is 1. The van der Waals surface area contributed by atoms with Crippen molar-refractivity contribution in [3.05, 3.63) is 18.0 Å². The van der Waals surface area contributed by atoms with Crippen LogP contribution >= 0.6 is 0 Å². The molecule has 0 amide bonds. The Balaban J connectivity index is 2.10. The van der Waals surface area contributed by atoms with Gasteiger partial charge in [-0.3, -0.25) is 0 Å². The van der Waals surface area contributed by atoms with Crippen LogP contribution in [0.3, 0.4) is 0 Å². The van der Waals surface area contributed by atoms with Gasteiger partial charge in [-0.15, -0.1) is 0 Å². The molecule has 1 fully saturated rings. The summed E-state index contributed by atoms with van der Waals surface area (Å²) in [6.07, 6.45) is 8.44. The van der Waals surface area contributed by atoms with Crippen LogP contribution in [-0.4, -0.2) is 22.1 Å². The average Bonchev–Trinajstić information content (AvgIpc) is 2.32. The summed E-state index contributed by atoms with van der Waals surface area (Å²) in [6.45, 7) is 4.93. The maximum absolute atomic E-state index is 5.96. The van der Waals surface area contributed by atoms with Gasteiger partial charge < -0.3 is 11.1 Å². The Morgan fingerprint density at radius 3 is 2.76 bits per heavy atom. The molecule has 0 spiro atoms. The highest BCUT2D eigenvalue weighted by atomic mass is 15.1. The number of hydrogen-bond donors (Lipinski definition) is 2. The number of nitrogens with two attached hydrogens (primary N) is 1. The Labute approximate surface area is 103 Å². The first-order valence-electron chi connectivity index (χ1n) is 6.40. The summed E-state index contributed by atoms with van der Waals surface area (Å²) < 4.78 is 0. The second kappa shape index (κ2) is 5.00. The maximum Gasteiger partial charge on any atom is 0.223 e. The van der Waals surface area contributed by atoms with Gasteiger partial charge in [0.05, 0.1) is 5.54 Å². The third-order valence-corrected chi connectivity index (χ3v) is 3.64. The van der Waals surface area contributed by atoms with Crippen LogP contribution in [0.2, 0.25) is 0 Å². The van der Waals surface area contributed by atoms with E-state index in [0.29, 0.717) is 12.5 Å². The van der Waals surface area contributed by atoms with E-state index in [1.165, 1.54) is 12.8 Å². The van der Waals surface area contributed by atoms with Crippen LogP contribution in [0.4, 0.5) is 5.95 Å². The van der Waals surface area contributed by atoms with E-state index in [4.69, 9.17) is 5.73 Å². The lowest BCUT2D eigenvalue weighted by molar-refractivity contribution is 0.263. The van der Waals surface area contributed by atoms with Crippen molar-refractivity contribution >= 4 is 5.95 Å². The third-order valence-electron chi connectivity index (χ3n) is 3.64. The molecule has 0 bridgehead atoms. The number of nitrogens with zero attached hydrogens (tertiary/aromatic N) is 2. The fourth-order valence-electron chi connectivity index (χ4n) is 2.70. The van der Waals surface area contributed by atoms with Gasteiger partial charge in [-0.25, -0.2) is 9.97 Å². The molecule has 94 valence electrons. The zero-order valence-electron chi connectivity index (χ0n) is 10.7. The molecule has 17 heavy (non-hydrogen) atoms. The molecule has 0 radical (unpaired) electrons. The zero-order chi connectivity index (χ0) is 12.3. The van der Waals surface area contributed by atoms with E-state index in [0.717, 1.165) is 24.3 Å². The van der Waals surface area contributed by atoms with E-state index in [9.17, 15) is 0 Å². The quantitative estimate of drug-likeness (QED) is 0.840. The van der Waals surface area contributed by atoms with Gasteiger partial charge in [-0.1, -0.05) is 19.8 Å². The van der Waals surface area contributed by atoms with Crippen molar-refractivity contribution in [3.63, 3.8) is 0 Å². The van der Waals surface area contributed by atoms with Crippen LogP contribution < -0.4 is 11.1 Å². The van der Waals surface area contributed by atoms with Gasteiger partial charge in [0, 0.05) is 18.9 Å². The summed E-state index contributed by atoms with van der Waals surface area (Å²) in [5.74, 6) is 1.43. The molecule has 1 aliphatic rings. The predicted octanol–water partition coefficient (Wildman–Crippen LogP) is 2.10. The summed E-state index contributed by atoms with van der Waals surface area (Å²) in [5, 5.41) is 3.45. The molecule has 4 nitrogen and oxygen atoms in total. The Morgan fingerprint density at radius 1 is 1.47 bits per heavy atom. The second-order valence-corrected chi connectivity index (χ2v) is 5.40. The first-order valence-corrected chi connectivity index (χ1v) is 6.40. The topological polar surface area (TPSA) is 63.8 Å². The lowest BCUT2D eigenvalue weighted by atomic mass is 9.76. The molecule has 4 heteroatoms. The number of aryl methyl sites for hydroxylation is 1. The second-order valence-electron chi connectivity index (χ2n) is 5.40. The van der Waals surface area contributed by atoms with E-state index in [1.807, 2.05) is 19.3 Å². The molecule has 1 saturated carbocycles. The standard InChI is InChI=1S/C13H22N4/c1-10-4-3-5-13(6-10,9-14)17-12-15-7-11(2)8-16-12/h7-8,10H,3-6,9,14H2,1-2H3,(H,15,16,17). The van der Waals surface area contributed by atoms with Crippen molar-refractivity contribution < 1.29 is 0 Å². The van der Waals surface area contributed by atoms with Crippen LogP contribution in [0, 0.1) is 12.8 Å². The smallest absolute Gasteiger partial charge is 0.223 e. The fraction of sp³-hybridized carbons (Fsp3) is 0.692. The number of nitrogens with one attached hydrogen (secondary N) is 1. The van der Waals surface area contributed by atoms with Crippen molar-refractivity contribution in [2.75, 3.05) is 11.9 Å². The molecular formula is C13H22N4. The molecule has 0 aliphatic heterocycles. The summed E-state index contributed by atoms with van der Waals surface area (Å²) in [5.41, 5.74) is 7.03. The molecule has 0 saturated heterocycles. The van der Waals surface area contributed by atoms with Gasteiger partial charge in [0.2, 0.25) is 5.95 Å². The van der Waals surface area contributed by atoms with Crippen LogP contribution in [0.5, 0.6) is 0 Å². The van der Waals surface area contributed by atoms with Gasteiger partial charge in [-0.2, -0.15) is 0 Å². The lowest BCUT2D eigenvalue weighted by Gasteiger charge is -2.39. The summed E-state index contributed by atoms with van der Waals surface area (Å²) >= 11 is 0. The summed E-state index contributed by atoms with van der Waals surface area (Å²) in [4.78, 5) is 8.63. The Bertz CT molecular complexity index is 362. The highest BCUT2D eigenvalue weighted by Crippen LogP contribution is 2.33. The molecular weight excluding hydrogens is 212 g/mol. The normalized spacial score (nSPS) is 29.0. The molecule has 1 aromatic heterocycles. The summed E-state index contributed by atoms with van der Waals surface area (Å²) in [7, 11) is 0. The maximum atomic E-state index is 5.96. The molecule has 1 aromatic rings. The van der Waals surface area contributed by atoms with Crippen molar-refractivity contribution in [1.82, 2.24) is 9.97 Å². The first-order chi connectivity index (χ1) is 8.13. The monoisotopic (exact) mass is 234 g/mol. The molecule has 1 heterocycles. The van der Waals surface area contributed by atoms with E-state index < -0.39 is 0 Å². The molecule has 3 N–H and O–H groups in total. The Kier molecular flexibility index (Phi) is 3.62. The average molecular weight is 234 g/mol. The minimum atomic E-state index is -0.00702. The molecule has 2 atom stereocenters. The molecule has 0 aromatic carbocycles. The first kappa shape index (κ1) is 12.3. The van der Waals surface area contributed by atoms with Gasteiger partial charge in [0.1, 0.15) is 0 Å². The van der Waals surface area contributed by atoms with E-state index in [2.05, 4.69) is 22.2 Å². The fourth-order valence-corrected chi connectivity index (χ4v) is 2.70. The SMILES string of the molecule is Cc1cnc(NC2(CN)CCCC(C)C2)nc1. The van der Waals surface area contributed by atoms with Gasteiger partial charge >= 0.3 is 0 Å². The van der Waals surface area contributed by atoms with Crippen molar-refractivity contribution in [2.24, 2.45) is 11.7 Å². The van der Waals surface area contributed by atoms with Crippen molar-refractivity contribution in [3.8, 4) is 0 Å². The van der Waals surface area contributed by atoms with E-state index >= 15 is 0 Å². The Morgan fingerprint density at radius 2 is 2.18 bits per heavy atom. The van der Waals surface area contributed by atoms with Crippen LogP contribution in [0.15, 0.2) is 12.4 Å². The predicted molar refractivity (Wildman–Crippen MR) is 69.8 cm³/mol. The molecule has 2 rings (SSSR count). The minimum absolute atomic E-state index is 0.00702. The lowest BCUT2D eigenvalue weighted by Crippen LogP contribution is -2.49. The zero-order valence-corrected chi connectivity index (χ0v) is 10.7. The number of rotatable bonds is 3. The van der Waals surface area contributed by atoms with E-state index in [-0.39, 0.29) is 5.54 Å². The van der Waals surface area contributed by atoms with Crippen molar-refractivity contribution in [1.29, 1.82) is 0 Å². The summed E-state index contributed by atoms with van der Waals surface area (Å²) in [6, 6.07) is 0. The highest BCUT2D eigenvalue weighted by molar-refractivity contribution is 5.30. The van der Waals surface area contributed by atoms with Gasteiger partial charge in [-0.05, 0) is 31.2 Å². The number of hydrogen-bond acceptors (Lipinski definition) is 4. The van der Waals surface area contributed by atoms with Crippen LogP contribution in [0.1, 0.15) is 38.2 Å².